The molecule has 11 heteroatoms. The Hall–Kier alpha value is -3.05. The second kappa shape index (κ2) is 9.94. The molecule has 0 saturated carbocycles. The number of halogens is 1. The Morgan fingerprint density at radius 2 is 1.97 bits per heavy atom. The van der Waals surface area contributed by atoms with E-state index in [1.807, 2.05) is 24.3 Å². The van der Waals surface area contributed by atoms with Gasteiger partial charge in [0.05, 0.1) is 19.1 Å². The highest BCUT2D eigenvalue weighted by atomic mass is 79.9. The van der Waals surface area contributed by atoms with Crippen LogP contribution in [0.5, 0.6) is 5.75 Å². The zero-order chi connectivity index (χ0) is 20.6. The SMILES string of the molecule is COc1ccc(NC(=O)CSc2nnc(N/N=C/c3ccc(Br)cc3)n2N)cc1. The van der Waals surface area contributed by atoms with Gasteiger partial charge in [0.1, 0.15) is 5.75 Å². The minimum absolute atomic E-state index is 0.128. The summed E-state index contributed by atoms with van der Waals surface area (Å²) < 4.78 is 7.31. The molecule has 150 valence electrons. The van der Waals surface area contributed by atoms with Crippen LogP contribution in [0, 0.1) is 0 Å². The van der Waals surface area contributed by atoms with Crippen LogP contribution in [0.4, 0.5) is 11.6 Å². The van der Waals surface area contributed by atoms with Crippen LogP contribution in [-0.4, -0.2) is 39.9 Å². The third-order valence-electron chi connectivity index (χ3n) is 3.62. The van der Waals surface area contributed by atoms with Gasteiger partial charge in [0.25, 0.3) is 5.95 Å². The number of ether oxygens (including phenoxy) is 1. The van der Waals surface area contributed by atoms with E-state index in [2.05, 4.69) is 42.0 Å². The molecule has 3 rings (SSSR count). The molecule has 0 aliphatic rings. The van der Waals surface area contributed by atoms with Gasteiger partial charge in [-0.2, -0.15) is 5.10 Å². The number of hydrazone groups is 1. The number of methoxy groups -OCH3 is 1. The Morgan fingerprint density at radius 3 is 2.66 bits per heavy atom. The van der Waals surface area contributed by atoms with Gasteiger partial charge in [0, 0.05) is 10.2 Å². The van der Waals surface area contributed by atoms with E-state index in [0.29, 0.717) is 10.8 Å². The highest BCUT2D eigenvalue weighted by molar-refractivity contribution is 9.10. The number of nitrogen functional groups attached to an aromatic ring is 1. The average molecular weight is 476 g/mol. The van der Waals surface area contributed by atoms with Gasteiger partial charge in [-0.25, -0.2) is 10.1 Å². The van der Waals surface area contributed by atoms with Crippen molar-refractivity contribution < 1.29 is 9.53 Å². The molecule has 0 spiro atoms. The maximum atomic E-state index is 12.1. The summed E-state index contributed by atoms with van der Waals surface area (Å²) in [7, 11) is 1.59. The lowest BCUT2D eigenvalue weighted by atomic mass is 10.2. The Labute approximate surface area is 179 Å². The minimum Gasteiger partial charge on any atom is -0.497 e. The normalized spacial score (nSPS) is 10.8. The smallest absolute Gasteiger partial charge is 0.264 e. The summed E-state index contributed by atoms with van der Waals surface area (Å²) in [5.74, 6) is 6.88. The molecule has 29 heavy (non-hydrogen) atoms. The Balaban J connectivity index is 1.50. The molecular formula is C18H18BrN7O2S. The molecule has 1 heterocycles. The zero-order valence-electron chi connectivity index (χ0n) is 15.4. The van der Waals surface area contributed by atoms with Crippen molar-refractivity contribution in [2.24, 2.45) is 5.10 Å². The maximum Gasteiger partial charge on any atom is 0.264 e. The van der Waals surface area contributed by atoms with Crippen LogP contribution in [0.2, 0.25) is 0 Å². The second-order valence-corrected chi connectivity index (χ2v) is 7.52. The van der Waals surface area contributed by atoms with Crippen LogP contribution in [0.25, 0.3) is 0 Å². The molecule has 0 aliphatic carbocycles. The molecule has 0 aliphatic heterocycles. The standard InChI is InChI=1S/C18H18BrN7O2S/c1-28-15-8-6-14(7-9-15)22-16(27)11-29-18-25-24-17(26(18)20)23-21-10-12-2-4-13(19)5-3-12/h2-10H,11,20H2,1H3,(H,22,27)(H,23,24)/b21-10+. The predicted molar refractivity (Wildman–Crippen MR) is 118 cm³/mol. The second-order valence-electron chi connectivity index (χ2n) is 5.66. The lowest BCUT2D eigenvalue weighted by Gasteiger charge is -2.06. The summed E-state index contributed by atoms with van der Waals surface area (Å²) in [5.41, 5.74) is 4.32. The number of carbonyl (C=O) groups excluding carboxylic acids is 1. The van der Waals surface area contributed by atoms with E-state index in [1.165, 1.54) is 4.68 Å². The lowest BCUT2D eigenvalue weighted by Crippen LogP contribution is -2.16. The van der Waals surface area contributed by atoms with Gasteiger partial charge < -0.3 is 15.9 Å². The number of amides is 1. The molecule has 0 unspecified atom stereocenters. The maximum absolute atomic E-state index is 12.1. The summed E-state index contributed by atoms with van der Waals surface area (Å²) in [6, 6.07) is 14.7. The lowest BCUT2D eigenvalue weighted by molar-refractivity contribution is -0.113. The molecule has 2 aromatic carbocycles. The van der Waals surface area contributed by atoms with Gasteiger partial charge in [-0.1, -0.05) is 39.8 Å². The molecule has 0 fully saturated rings. The number of thioether (sulfide) groups is 1. The van der Waals surface area contributed by atoms with E-state index in [1.54, 1.807) is 37.6 Å². The number of aromatic nitrogens is 3. The molecule has 3 aromatic rings. The van der Waals surface area contributed by atoms with E-state index in [0.717, 1.165) is 27.5 Å². The van der Waals surface area contributed by atoms with E-state index in [-0.39, 0.29) is 17.6 Å². The zero-order valence-corrected chi connectivity index (χ0v) is 17.8. The first-order valence-electron chi connectivity index (χ1n) is 8.37. The molecule has 0 atom stereocenters. The number of benzene rings is 2. The van der Waals surface area contributed by atoms with Gasteiger partial charge in [0.2, 0.25) is 11.1 Å². The van der Waals surface area contributed by atoms with Crippen molar-refractivity contribution in [1.29, 1.82) is 0 Å². The fourth-order valence-corrected chi connectivity index (χ4v) is 3.09. The quantitative estimate of drug-likeness (QED) is 0.198. The van der Waals surface area contributed by atoms with Crippen molar-refractivity contribution in [3.8, 4) is 5.75 Å². The number of hydrogen-bond acceptors (Lipinski definition) is 8. The van der Waals surface area contributed by atoms with Crippen LogP contribution in [0.1, 0.15) is 5.56 Å². The summed E-state index contributed by atoms with van der Waals surface area (Å²) in [5, 5.41) is 15.2. The Morgan fingerprint density at radius 1 is 1.24 bits per heavy atom. The van der Waals surface area contributed by atoms with Crippen molar-refractivity contribution in [2.75, 3.05) is 29.4 Å². The van der Waals surface area contributed by atoms with Crippen molar-refractivity contribution in [3.05, 3.63) is 58.6 Å². The third kappa shape index (κ3) is 5.96. The molecule has 4 N–H and O–H groups in total. The molecule has 0 saturated heterocycles. The van der Waals surface area contributed by atoms with Gasteiger partial charge in [-0.15, -0.1) is 10.2 Å². The topological polar surface area (TPSA) is 119 Å². The Kier molecular flexibility index (Phi) is 7.09. The summed E-state index contributed by atoms with van der Waals surface area (Å²) in [6.45, 7) is 0. The summed E-state index contributed by atoms with van der Waals surface area (Å²) in [6.07, 6.45) is 1.64. The number of anilines is 2. The number of nitrogens with one attached hydrogen (secondary N) is 2. The first-order valence-corrected chi connectivity index (χ1v) is 10.1. The van der Waals surface area contributed by atoms with Gasteiger partial charge >= 0.3 is 0 Å². The van der Waals surface area contributed by atoms with Crippen molar-refractivity contribution in [2.45, 2.75) is 5.16 Å². The number of carbonyl (C=O) groups is 1. The van der Waals surface area contributed by atoms with Crippen LogP contribution in [0.15, 0.2) is 63.3 Å². The number of rotatable bonds is 8. The molecule has 9 nitrogen and oxygen atoms in total. The van der Waals surface area contributed by atoms with E-state index in [9.17, 15) is 4.79 Å². The van der Waals surface area contributed by atoms with Gasteiger partial charge in [0.15, 0.2) is 0 Å². The highest BCUT2D eigenvalue weighted by Crippen LogP contribution is 2.18. The fraction of sp³-hybridized carbons (Fsp3) is 0.111. The van der Waals surface area contributed by atoms with E-state index >= 15 is 0 Å². The molecule has 0 radical (unpaired) electrons. The van der Waals surface area contributed by atoms with E-state index in [4.69, 9.17) is 10.6 Å². The van der Waals surface area contributed by atoms with Crippen LogP contribution in [0.3, 0.4) is 0 Å². The van der Waals surface area contributed by atoms with Crippen LogP contribution >= 0.6 is 27.7 Å². The molecular weight excluding hydrogens is 458 g/mol. The molecule has 1 amide bonds. The highest BCUT2D eigenvalue weighted by Gasteiger charge is 2.12. The van der Waals surface area contributed by atoms with E-state index < -0.39 is 0 Å². The number of hydrogen-bond donors (Lipinski definition) is 3. The van der Waals surface area contributed by atoms with Crippen molar-refractivity contribution in [1.82, 2.24) is 14.9 Å². The summed E-state index contributed by atoms with van der Waals surface area (Å²) >= 11 is 4.54. The monoisotopic (exact) mass is 475 g/mol. The van der Waals surface area contributed by atoms with Gasteiger partial charge in [-0.3, -0.25) is 4.79 Å². The third-order valence-corrected chi connectivity index (χ3v) is 5.09. The van der Waals surface area contributed by atoms with Crippen LogP contribution < -0.4 is 21.3 Å². The number of nitrogens with zero attached hydrogens (tertiary/aromatic N) is 4. The first-order chi connectivity index (χ1) is 14.0. The van der Waals surface area contributed by atoms with Crippen molar-refractivity contribution >= 4 is 51.4 Å². The van der Waals surface area contributed by atoms with Crippen LogP contribution in [-0.2, 0) is 4.79 Å². The van der Waals surface area contributed by atoms with Gasteiger partial charge in [-0.05, 0) is 42.0 Å². The first kappa shape index (κ1) is 20.7. The largest absolute Gasteiger partial charge is 0.497 e. The molecule has 0 bridgehead atoms. The molecule has 1 aromatic heterocycles. The predicted octanol–water partition coefficient (Wildman–Crippen LogP) is 2.94. The minimum atomic E-state index is -0.189. The Bertz CT molecular complexity index is 990. The summed E-state index contributed by atoms with van der Waals surface area (Å²) in [4.78, 5) is 12.1. The number of nitrogens with two attached hydrogens (primary N) is 1. The van der Waals surface area contributed by atoms with Crippen molar-refractivity contribution in [3.63, 3.8) is 0 Å². The fourth-order valence-electron chi connectivity index (χ4n) is 2.17. The average Bonchev–Trinajstić information content (AvgIpc) is 3.08.